The molecule has 0 radical (unpaired) electrons. The average Bonchev–Trinajstić information content (AvgIpc) is 3.28. The van der Waals surface area contributed by atoms with Crippen LogP contribution in [0.15, 0.2) is 30.6 Å². The van der Waals surface area contributed by atoms with Gasteiger partial charge in [0.1, 0.15) is 6.33 Å². The number of hydrogen-bond acceptors (Lipinski definition) is 4. The van der Waals surface area contributed by atoms with E-state index in [1.165, 1.54) is 19.3 Å². The first-order chi connectivity index (χ1) is 11.3. The number of rotatable bonds is 4. The topological polar surface area (TPSA) is 63.9 Å². The molecule has 0 N–H and O–H groups in total. The van der Waals surface area contributed by atoms with E-state index in [0.717, 1.165) is 36.9 Å². The van der Waals surface area contributed by atoms with E-state index in [-0.39, 0.29) is 5.91 Å². The van der Waals surface area contributed by atoms with Gasteiger partial charge >= 0.3 is 0 Å². The van der Waals surface area contributed by atoms with Gasteiger partial charge in [-0.2, -0.15) is 0 Å². The largest absolute Gasteiger partial charge is 0.333 e. The molecule has 2 aliphatic carbocycles. The Morgan fingerprint density at radius 3 is 2.30 bits per heavy atom. The zero-order chi connectivity index (χ0) is 15.6. The van der Waals surface area contributed by atoms with E-state index in [1.807, 2.05) is 24.3 Å². The van der Waals surface area contributed by atoms with Crippen LogP contribution in [0.4, 0.5) is 0 Å². The molecule has 120 valence electrons. The molecule has 2 saturated carbocycles. The summed E-state index contributed by atoms with van der Waals surface area (Å²) in [5.74, 6) is 0.183. The minimum atomic E-state index is 0.183. The minimum absolute atomic E-state index is 0.183. The number of tetrazole rings is 1. The Morgan fingerprint density at radius 1 is 1.00 bits per heavy atom. The maximum Gasteiger partial charge on any atom is 0.254 e. The van der Waals surface area contributed by atoms with Gasteiger partial charge in [0.05, 0.1) is 5.69 Å². The van der Waals surface area contributed by atoms with Gasteiger partial charge in [-0.3, -0.25) is 4.79 Å². The third-order valence-electron chi connectivity index (χ3n) is 4.87. The number of aromatic nitrogens is 4. The molecule has 4 rings (SSSR count). The van der Waals surface area contributed by atoms with Crippen molar-refractivity contribution in [3.63, 3.8) is 0 Å². The molecule has 23 heavy (non-hydrogen) atoms. The van der Waals surface area contributed by atoms with Crippen LogP contribution < -0.4 is 0 Å². The summed E-state index contributed by atoms with van der Waals surface area (Å²) in [7, 11) is 0. The van der Waals surface area contributed by atoms with Crippen molar-refractivity contribution in [2.24, 2.45) is 0 Å². The lowest BCUT2D eigenvalue weighted by Gasteiger charge is -2.34. The number of carbonyl (C=O) groups is 1. The predicted molar refractivity (Wildman–Crippen MR) is 85.2 cm³/mol. The predicted octanol–water partition coefficient (Wildman–Crippen LogP) is 2.60. The first-order valence-corrected chi connectivity index (χ1v) is 8.49. The number of amides is 1. The fourth-order valence-corrected chi connectivity index (χ4v) is 3.53. The van der Waals surface area contributed by atoms with Crippen molar-refractivity contribution in [1.82, 2.24) is 25.1 Å². The zero-order valence-electron chi connectivity index (χ0n) is 13.1. The summed E-state index contributed by atoms with van der Waals surface area (Å²) in [4.78, 5) is 15.2. The number of benzene rings is 1. The Morgan fingerprint density at radius 2 is 1.70 bits per heavy atom. The van der Waals surface area contributed by atoms with Gasteiger partial charge in [-0.05, 0) is 60.4 Å². The van der Waals surface area contributed by atoms with E-state index in [2.05, 4.69) is 20.4 Å². The van der Waals surface area contributed by atoms with Crippen molar-refractivity contribution < 1.29 is 4.79 Å². The molecule has 0 bridgehead atoms. The summed E-state index contributed by atoms with van der Waals surface area (Å²) in [5.41, 5.74) is 1.63. The highest BCUT2D eigenvalue weighted by molar-refractivity contribution is 5.95. The lowest BCUT2D eigenvalue weighted by molar-refractivity contribution is 0.0614. The maximum absolute atomic E-state index is 13.0. The van der Waals surface area contributed by atoms with Crippen LogP contribution >= 0.6 is 0 Å². The molecule has 1 heterocycles. The lowest BCUT2D eigenvalue weighted by Crippen LogP contribution is -2.43. The molecule has 2 fully saturated rings. The van der Waals surface area contributed by atoms with E-state index in [9.17, 15) is 4.79 Å². The van der Waals surface area contributed by atoms with Crippen molar-refractivity contribution in [2.75, 3.05) is 0 Å². The van der Waals surface area contributed by atoms with Gasteiger partial charge in [-0.1, -0.05) is 19.3 Å². The quantitative estimate of drug-likeness (QED) is 0.870. The Hall–Kier alpha value is -2.24. The van der Waals surface area contributed by atoms with Gasteiger partial charge in [0.25, 0.3) is 5.91 Å². The summed E-state index contributed by atoms with van der Waals surface area (Å²) in [6, 6.07) is 8.47. The smallest absolute Gasteiger partial charge is 0.254 e. The molecule has 0 saturated heterocycles. The van der Waals surface area contributed by atoms with Crippen molar-refractivity contribution in [3.05, 3.63) is 36.2 Å². The van der Waals surface area contributed by atoms with Gasteiger partial charge in [0.15, 0.2) is 0 Å². The van der Waals surface area contributed by atoms with Gasteiger partial charge in [0.2, 0.25) is 0 Å². The highest BCUT2D eigenvalue weighted by Gasteiger charge is 2.37. The minimum Gasteiger partial charge on any atom is -0.333 e. The van der Waals surface area contributed by atoms with Crippen LogP contribution in [0.25, 0.3) is 5.69 Å². The van der Waals surface area contributed by atoms with Gasteiger partial charge < -0.3 is 4.90 Å². The second-order valence-corrected chi connectivity index (χ2v) is 6.54. The van der Waals surface area contributed by atoms with Crippen molar-refractivity contribution in [3.8, 4) is 5.69 Å². The third kappa shape index (κ3) is 2.98. The molecule has 1 amide bonds. The summed E-state index contributed by atoms with van der Waals surface area (Å²) in [5, 5.41) is 11.1. The highest BCUT2D eigenvalue weighted by Crippen LogP contribution is 2.35. The Labute approximate surface area is 135 Å². The Balaban J connectivity index is 1.54. The standard InChI is InChI=1S/C17H21N5O/c23-17(22(16-10-11-16)15-4-2-1-3-5-15)13-6-8-14(9-7-13)21-12-18-19-20-21/h6-9,12,15-16H,1-5,10-11H2. The maximum atomic E-state index is 13.0. The molecule has 6 nitrogen and oxygen atoms in total. The molecule has 2 aromatic rings. The van der Waals surface area contributed by atoms with Crippen LogP contribution in [0.2, 0.25) is 0 Å². The van der Waals surface area contributed by atoms with Gasteiger partial charge in [-0.15, -0.1) is 5.10 Å². The zero-order valence-corrected chi connectivity index (χ0v) is 13.1. The Bertz CT molecular complexity index is 657. The fourth-order valence-electron chi connectivity index (χ4n) is 3.53. The molecule has 0 unspecified atom stereocenters. The molecular weight excluding hydrogens is 290 g/mol. The lowest BCUT2D eigenvalue weighted by atomic mass is 9.93. The molecule has 1 aromatic heterocycles. The number of nitrogens with zero attached hydrogens (tertiary/aromatic N) is 5. The highest BCUT2D eigenvalue weighted by atomic mass is 16.2. The van der Waals surface area contributed by atoms with Gasteiger partial charge in [-0.25, -0.2) is 4.68 Å². The molecular formula is C17H21N5O. The van der Waals surface area contributed by atoms with Crippen LogP contribution in [0.5, 0.6) is 0 Å². The molecule has 2 aliphatic rings. The summed E-state index contributed by atoms with van der Waals surface area (Å²) in [6.45, 7) is 0. The summed E-state index contributed by atoms with van der Waals surface area (Å²) >= 11 is 0. The van der Waals surface area contributed by atoms with Crippen LogP contribution in [-0.4, -0.2) is 43.1 Å². The van der Waals surface area contributed by atoms with E-state index in [0.29, 0.717) is 12.1 Å². The van der Waals surface area contributed by atoms with Crippen LogP contribution in [0.1, 0.15) is 55.3 Å². The third-order valence-corrected chi connectivity index (χ3v) is 4.87. The molecule has 0 spiro atoms. The second-order valence-electron chi connectivity index (χ2n) is 6.54. The Kier molecular flexibility index (Phi) is 3.81. The average molecular weight is 311 g/mol. The van der Waals surface area contributed by atoms with Gasteiger partial charge in [0, 0.05) is 17.6 Å². The first kappa shape index (κ1) is 14.4. The fraction of sp³-hybridized carbons (Fsp3) is 0.529. The second kappa shape index (κ2) is 6.10. The molecule has 0 aliphatic heterocycles. The van der Waals surface area contributed by atoms with E-state index in [1.54, 1.807) is 11.0 Å². The summed E-state index contributed by atoms with van der Waals surface area (Å²) in [6.07, 6.45) is 9.99. The first-order valence-electron chi connectivity index (χ1n) is 8.49. The molecule has 0 atom stereocenters. The summed E-state index contributed by atoms with van der Waals surface area (Å²) < 4.78 is 1.59. The normalized spacial score (nSPS) is 18.8. The number of hydrogen-bond donors (Lipinski definition) is 0. The van der Waals surface area contributed by atoms with Crippen molar-refractivity contribution in [1.29, 1.82) is 0 Å². The van der Waals surface area contributed by atoms with E-state index in [4.69, 9.17) is 0 Å². The van der Waals surface area contributed by atoms with Crippen molar-refractivity contribution >= 4 is 5.91 Å². The molecule has 6 heteroatoms. The SMILES string of the molecule is O=C(c1ccc(-n2cnnn2)cc1)N(C1CCCCC1)C1CC1. The van der Waals surface area contributed by atoms with Crippen LogP contribution in [0.3, 0.4) is 0 Å². The monoisotopic (exact) mass is 311 g/mol. The van der Waals surface area contributed by atoms with E-state index < -0.39 is 0 Å². The number of carbonyl (C=O) groups excluding carboxylic acids is 1. The van der Waals surface area contributed by atoms with Crippen LogP contribution in [-0.2, 0) is 0 Å². The van der Waals surface area contributed by atoms with E-state index >= 15 is 0 Å². The molecule has 1 aromatic carbocycles. The van der Waals surface area contributed by atoms with Crippen LogP contribution in [0, 0.1) is 0 Å². The van der Waals surface area contributed by atoms with Crippen molar-refractivity contribution in [2.45, 2.75) is 57.0 Å².